The fourth-order valence-electron chi connectivity index (χ4n) is 3.20. The predicted octanol–water partition coefficient (Wildman–Crippen LogP) is 3.86. The number of benzene rings is 3. The van der Waals surface area contributed by atoms with E-state index >= 15 is 0 Å². The molecule has 3 rings (SSSR count). The van der Waals surface area contributed by atoms with Gasteiger partial charge in [-0.05, 0) is 54.3 Å². The molecule has 0 unspecified atom stereocenters. The molecule has 0 aliphatic rings. The van der Waals surface area contributed by atoms with Crippen LogP contribution >= 0.6 is 11.6 Å². The highest BCUT2D eigenvalue weighted by molar-refractivity contribution is 7.89. The number of methoxy groups -OCH3 is 1. The second-order valence-corrected chi connectivity index (χ2v) is 9.48. The quantitative estimate of drug-likeness (QED) is 0.495. The zero-order chi connectivity index (χ0) is 23.1. The Labute approximate surface area is 193 Å². The first-order valence-corrected chi connectivity index (χ1v) is 11.9. The van der Waals surface area contributed by atoms with Crippen molar-refractivity contribution in [1.29, 1.82) is 0 Å². The predicted molar refractivity (Wildman–Crippen MR) is 125 cm³/mol. The van der Waals surface area contributed by atoms with E-state index in [9.17, 15) is 13.2 Å². The summed E-state index contributed by atoms with van der Waals surface area (Å²) >= 11 is 5.91. The zero-order valence-electron chi connectivity index (χ0n) is 17.8. The molecule has 6 nitrogen and oxygen atoms in total. The van der Waals surface area contributed by atoms with Gasteiger partial charge in [-0.2, -0.15) is 4.72 Å². The van der Waals surface area contributed by atoms with Crippen LogP contribution in [0.3, 0.4) is 0 Å². The smallest absolute Gasteiger partial charge is 0.244 e. The number of ether oxygens (including phenoxy) is 1. The van der Waals surface area contributed by atoms with Crippen LogP contribution in [-0.4, -0.2) is 27.5 Å². The summed E-state index contributed by atoms with van der Waals surface area (Å²) in [5.41, 5.74) is 2.44. The van der Waals surface area contributed by atoms with E-state index in [1.165, 1.54) is 13.2 Å². The highest BCUT2D eigenvalue weighted by Crippen LogP contribution is 2.25. The Morgan fingerprint density at radius 3 is 2.34 bits per heavy atom. The number of hydrogen-bond donors (Lipinski definition) is 2. The summed E-state index contributed by atoms with van der Waals surface area (Å²) in [6.45, 7) is 2.04. The van der Waals surface area contributed by atoms with Crippen LogP contribution in [0.5, 0.6) is 5.75 Å². The van der Waals surface area contributed by atoms with Crippen LogP contribution in [0.1, 0.15) is 16.7 Å². The summed E-state index contributed by atoms with van der Waals surface area (Å²) in [4.78, 5) is 13.0. The molecule has 2 N–H and O–H groups in total. The van der Waals surface area contributed by atoms with E-state index in [2.05, 4.69) is 10.0 Å². The third-order valence-electron chi connectivity index (χ3n) is 4.89. The lowest BCUT2D eigenvalue weighted by Crippen LogP contribution is -2.47. The lowest BCUT2D eigenvalue weighted by molar-refractivity contribution is -0.122. The molecule has 0 aromatic heterocycles. The molecule has 0 saturated heterocycles. The van der Waals surface area contributed by atoms with Gasteiger partial charge in [0, 0.05) is 11.6 Å². The van der Waals surface area contributed by atoms with Gasteiger partial charge in [-0.15, -0.1) is 0 Å². The van der Waals surface area contributed by atoms with Crippen LogP contribution in [0.15, 0.2) is 77.7 Å². The van der Waals surface area contributed by atoms with Crippen LogP contribution in [0.4, 0.5) is 0 Å². The fourth-order valence-corrected chi connectivity index (χ4v) is 4.77. The lowest BCUT2D eigenvalue weighted by Gasteiger charge is -2.20. The average molecular weight is 473 g/mol. The molecule has 0 aliphatic heterocycles. The number of carbonyl (C=O) groups is 1. The van der Waals surface area contributed by atoms with Crippen molar-refractivity contribution in [3.8, 4) is 5.75 Å². The molecular formula is C24H25ClN2O4S. The molecule has 168 valence electrons. The monoisotopic (exact) mass is 472 g/mol. The van der Waals surface area contributed by atoms with Crippen molar-refractivity contribution in [2.24, 2.45) is 0 Å². The number of sulfonamides is 1. The van der Waals surface area contributed by atoms with Crippen molar-refractivity contribution in [3.63, 3.8) is 0 Å². The normalized spacial score (nSPS) is 12.2. The van der Waals surface area contributed by atoms with Gasteiger partial charge in [-0.3, -0.25) is 4.79 Å². The zero-order valence-corrected chi connectivity index (χ0v) is 19.4. The Bertz CT molecular complexity index is 1170. The largest absolute Gasteiger partial charge is 0.495 e. The van der Waals surface area contributed by atoms with Gasteiger partial charge >= 0.3 is 0 Å². The van der Waals surface area contributed by atoms with E-state index in [1.807, 2.05) is 30.3 Å². The summed E-state index contributed by atoms with van der Waals surface area (Å²) < 4.78 is 34.2. The standard InChI is InChI=1S/C24H25ClN2O4S/c1-17-8-13-22(31-2)23(14-17)32(29,30)27-21(15-18-6-4-3-5-7-18)24(28)26-16-19-9-11-20(25)12-10-19/h3-14,21,27H,15-16H2,1-2H3,(H,26,28)/t21-/m0/s1. The van der Waals surface area contributed by atoms with Gasteiger partial charge < -0.3 is 10.1 Å². The third-order valence-corrected chi connectivity index (χ3v) is 6.63. The molecule has 0 spiro atoms. The van der Waals surface area contributed by atoms with Crippen LogP contribution in [0, 0.1) is 6.92 Å². The fraction of sp³-hybridized carbons (Fsp3) is 0.208. The van der Waals surface area contributed by atoms with Crippen molar-refractivity contribution >= 4 is 27.5 Å². The summed E-state index contributed by atoms with van der Waals surface area (Å²) in [5.74, 6) is -0.220. The first kappa shape index (κ1) is 23.8. The van der Waals surface area contributed by atoms with Gasteiger partial charge in [-0.25, -0.2) is 8.42 Å². The van der Waals surface area contributed by atoms with Crippen LogP contribution in [0.2, 0.25) is 5.02 Å². The molecule has 32 heavy (non-hydrogen) atoms. The van der Waals surface area contributed by atoms with Gasteiger partial charge in [-0.1, -0.05) is 60.1 Å². The summed E-state index contributed by atoms with van der Waals surface area (Å²) in [6, 6.07) is 20.2. The van der Waals surface area contributed by atoms with Crippen molar-refractivity contribution in [1.82, 2.24) is 10.0 Å². The van der Waals surface area contributed by atoms with Crippen LogP contribution in [-0.2, 0) is 27.8 Å². The topological polar surface area (TPSA) is 84.5 Å². The SMILES string of the molecule is COc1ccc(C)cc1S(=O)(=O)N[C@@H](Cc1ccccc1)C(=O)NCc1ccc(Cl)cc1. The lowest BCUT2D eigenvalue weighted by atomic mass is 10.1. The Balaban J connectivity index is 1.84. The van der Waals surface area contributed by atoms with E-state index in [0.717, 1.165) is 16.7 Å². The number of amides is 1. The number of halogens is 1. The second-order valence-electron chi connectivity index (χ2n) is 7.36. The first-order chi connectivity index (χ1) is 15.3. The van der Waals surface area contributed by atoms with E-state index in [4.69, 9.17) is 16.3 Å². The number of carbonyl (C=O) groups excluding carboxylic acids is 1. The van der Waals surface area contributed by atoms with Gasteiger partial charge in [0.15, 0.2) is 0 Å². The molecule has 0 saturated carbocycles. The van der Waals surface area contributed by atoms with E-state index < -0.39 is 22.0 Å². The van der Waals surface area contributed by atoms with Crippen LogP contribution in [0.25, 0.3) is 0 Å². The minimum Gasteiger partial charge on any atom is -0.495 e. The molecule has 0 fully saturated rings. The maximum Gasteiger partial charge on any atom is 0.244 e. The van der Waals surface area contributed by atoms with Crippen molar-refractivity contribution < 1.29 is 17.9 Å². The molecule has 0 bridgehead atoms. The number of nitrogens with one attached hydrogen (secondary N) is 2. The number of aryl methyl sites for hydroxylation is 1. The summed E-state index contributed by atoms with van der Waals surface area (Å²) in [6.07, 6.45) is 0.195. The summed E-state index contributed by atoms with van der Waals surface area (Å²) in [7, 11) is -2.63. The molecule has 1 amide bonds. The molecular weight excluding hydrogens is 448 g/mol. The van der Waals surface area contributed by atoms with Crippen molar-refractivity contribution in [2.45, 2.75) is 30.8 Å². The molecule has 0 radical (unpaired) electrons. The van der Waals surface area contributed by atoms with Crippen LogP contribution < -0.4 is 14.8 Å². The molecule has 0 aliphatic carbocycles. The van der Waals surface area contributed by atoms with E-state index in [0.29, 0.717) is 5.02 Å². The van der Waals surface area contributed by atoms with E-state index in [1.54, 1.807) is 43.3 Å². The van der Waals surface area contributed by atoms with Gasteiger partial charge in [0.05, 0.1) is 7.11 Å². The van der Waals surface area contributed by atoms with Gasteiger partial charge in [0.1, 0.15) is 16.7 Å². The Kier molecular flexibility index (Phi) is 7.90. The molecule has 3 aromatic rings. The highest BCUT2D eigenvalue weighted by atomic mass is 35.5. The summed E-state index contributed by atoms with van der Waals surface area (Å²) in [5, 5.41) is 3.41. The average Bonchev–Trinajstić information content (AvgIpc) is 2.78. The molecule has 0 heterocycles. The maximum absolute atomic E-state index is 13.2. The van der Waals surface area contributed by atoms with Gasteiger partial charge in [0.25, 0.3) is 0 Å². The first-order valence-electron chi connectivity index (χ1n) is 10.0. The molecule has 1 atom stereocenters. The Hall–Kier alpha value is -2.87. The van der Waals surface area contributed by atoms with Crippen molar-refractivity contribution in [3.05, 3.63) is 94.5 Å². The Morgan fingerprint density at radius 2 is 1.69 bits per heavy atom. The van der Waals surface area contributed by atoms with Crippen molar-refractivity contribution in [2.75, 3.05) is 7.11 Å². The number of rotatable bonds is 9. The van der Waals surface area contributed by atoms with Gasteiger partial charge in [0.2, 0.25) is 15.9 Å². The Morgan fingerprint density at radius 1 is 1.00 bits per heavy atom. The minimum absolute atomic E-state index is 0.0106. The maximum atomic E-state index is 13.2. The molecule has 8 heteroatoms. The second kappa shape index (κ2) is 10.6. The number of hydrogen-bond acceptors (Lipinski definition) is 4. The van der Waals surface area contributed by atoms with E-state index in [-0.39, 0.29) is 23.6 Å². The molecule has 3 aromatic carbocycles. The third kappa shape index (κ3) is 6.32. The minimum atomic E-state index is -4.03. The highest BCUT2D eigenvalue weighted by Gasteiger charge is 2.28.